The zero-order valence-electron chi connectivity index (χ0n) is 13.2. The minimum atomic E-state index is -0.558. The van der Waals surface area contributed by atoms with Gasteiger partial charge >= 0.3 is 0 Å². The fourth-order valence-corrected chi connectivity index (χ4v) is 2.87. The van der Waals surface area contributed by atoms with Crippen molar-refractivity contribution in [3.63, 3.8) is 0 Å². The number of hydrogen-bond donors (Lipinski definition) is 1. The van der Waals surface area contributed by atoms with Gasteiger partial charge in [0.15, 0.2) is 6.10 Å². The van der Waals surface area contributed by atoms with Crippen molar-refractivity contribution in [3.8, 4) is 5.75 Å². The summed E-state index contributed by atoms with van der Waals surface area (Å²) in [5.74, 6) is 1.28. The molecule has 23 heavy (non-hydrogen) atoms. The van der Waals surface area contributed by atoms with E-state index in [2.05, 4.69) is 36.5 Å². The van der Waals surface area contributed by atoms with Gasteiger partial charge in [0.25, 0.3) is 5.91 Å². The largest absolute Gasteiger partial charge is 0.481 e. The smallest absolute Gasteiger partial charge is 0.260 e. The van der Waals surface area contributed by atoms with Gasteiger partial charge < -0.3 is 10.1 Å². The Hall–Kier alpha value is -1.65. The molecule has 0 radical (unpaired) electrons. The number of hydrogen-bond acceptors (Lipinski definition) is 3. The summed E-state index contributed by atoms with van der Waals surface area (Å²) in [6, 6.07) is 15.4. The topological polar surface area (TPSA) is 38.3 Å². The minimum Gasteiger partial charge on any atom is -0.481 e. The van der Waals surface area contributed by atoms with E-state index in [9.17, 15) is 4.79 Å². The Labute approximate surface area is 146 Å². The van der Waals surface area contributed by atoms with E-state index in [4.69, 9.17) is 16.3 Å². The van der Waals surface area contributed by atoms with Gasteiger partial charge in [-0.2, -0.15) is 0 Å². The Bertz CT molecular complexity index is 646. The molecular weight excluding hydrogens is 330 g/mol. The summed E-state index contributed by atoms with van der Waals surface area (Å²) >= 11 is 7.61. The second-order valence-electron chi connectivity index (χ2n) is 5.17. The molecule has 0 aromatic heterocycles. The van der Waals surface area contributed by atoms with E-state index >= 15 is 0 Å². The Morgan fingerprint density at radius 2 is 2.00 bits per heavy atom. The molecule has 1 amide bonds. The molecule has 0 aliphatic rings. The molecule has 3 nitrogen and oxygen atoms in total. The van der Waals surface area contributed by atoms with Crippen LogP contribution in [0.3, 0.4) is 0 Å². The average molecular weight is 350 g/mol. The number of halogens is 1. The van der Waals surface area contributed by atoms with E-state index < -0.39 is 6.10 Å². The summed E-state index contributed by atoms with van der Waals surface area (Å²) in [7, 11) is 0. The van der Waals surface area contributed by atoms with Crippen molar-refractivity contribution in [2.24, 2.45) is 0 Å². The van der Waals surface area contributed by atoms with Crippen LogP contribution in [0.5, 0.6) is 5.75 Å². The van der Waals surface area contributed by atoms with Crippen molar-refractivity contribution < 1.29 is 9.53 Å². The van der Waals surface area contributed by atoms with Gasteiger partial charge in [-0.15, -0.1) is 11.8 Å². The van der Waals surface area contributed by atoms with Crippen LogP contribution < -0.4 is 10.1 Å². The molecule has 0 bridgehead atoms. The molecule has 0 saturated carbocycles. The van der Waals surface area contributed by atoms with E-state index in [0.717, 1.165) is 5.75 Å². The maximum Gasteiger partial charge on any atom is 0.260 e. The van der Waals surface area contributed by atoms with Gasteiger partial charge in [-0.05, 0) is 44.2 Å². The first-order valence-electron chi connectivity index (χ1n) is 7.44. The molecule has 0 unspecified atom stereocenters. The molecular formula is C18H20ClNO2S. The minimum absolute atomic E-state index is 0.130. The van der Waals surface area contributed by atoms with Gasteiger partial charge in [0.1, 0.15) is 5.75 Å². The summed E-state index contributed by atoms with van der Waals surface area (Å²) in [6.45, 7) is 4.39. The number of amides is 1. The van der Waals surface area contributed by atoms with Crippen molar-refractivity contribution in [1.29, 1.82) is 0 Å². The monoisotopic (exact) mass is 349 g/mol. The molecule has 2 aromatic rings. The van der Waals surface area contributed by atoms with Crippen LogP contribution >= 0.6 is 23.4 Å². The van der Waals surface area contributed by atoms with Crippen LogP contribution in [-0.4, -0.2) is 24.3 Å². The standard InChI is InChI=1S/C18H20ClNO2S/c1-13-6-8-17(9-7-13)23-11-10-20-18(21)14(2)22-16-5-3-4-15(19)12-16/h3-9,12,14H,10-11H2,1-2H3,(H,20,21)/t14-/m0/s1. The number of ether oxygens (including phenoxy) is 1. The van der Waals surface area contributed by atoms with Crippen molar-refractivity contribution in [2.75, 3.05) is 12.3 Å². The Balaban J connectivity index is 1.70. The quantitative estimate of drug-likeness (QED) is 0.597. The number of nitrogens with one attached hydrogen (secondary N) is 1. The number of carbonyl (C=O) groups is 1. The fourth-order valence-electron chi connectivity index (χ4n) is 1.92. The third-order valence-corrected chi connectivity index (χ3v) is 4.42. The maximum absolute atomic E-state index is 12.0. The highest BCUT2D eigenvalue weighted by Crippen LogP contribution is 2.19. The lowest BCUT2D eigenvalue weighted by Crippen LogP contribution is -2.37. The summed E-state index contributed by atoms with van der Waals surface area (Å²) in [5, 5.41) is 3.47. The van der Waals surface area contributed by atoms with Crippen molar-refractivity contribution >= 4 is 29.3 Å². The first kappa shape index (κ1) is 17.7. The van der Waals surface area contributed by atoms with Crippen molar-refractivity contribution in [2.45, 2.75) is 24.8 Å². The number of benzene rings is 2. The van der Waals surface area contributed by atoms with Crippen LogP contribution in [0.1, 0.15) is 12.5 Å². The molecule has 0 fully saturated rings. The molecule has 0 heterocycles. The zero-order valence-corrected chi connectivity index (χ0v) is 14.8. The summed E-state index contributed by atoms with van der Waals surface area (Å²) in [5.41, 5.74) is 1.25. The van der Waals surface area contributed by atoms with E-state index in [0.29, 0.717) is 17.3 Å². The number of carbonyl (C=O) groups excluding carboxylic acids is 1. The van der Waals surface area contributed by atoms with Crippen LogP contribution in [-0.2, 0) is 4.79 Å². The predicted molar refractivity (Wildman–Crippen MR) is 96.5 cm³/mol. The first-order valence-corrected chi connectivity index (χ1v) is 8.80. The fraction of sp³-hybridized carbons (Fsp3) is 0.278. The predicted octanol–water partition coefficient (Wildman–Crippen LogP) is 4.32. The Morgan fingerprint density at radius 3 is 2.70 bits per heavy atom. The van der Waals surface area contributed by atoms with Crippen LogP contribution in [0.2, 0.25) is 5.02 Å². The van der Waals surface area contributed by atoms with E-state index in [1.807, 2.05) is 0 Å². The van der Waals surface area contributed by atoms with Crippen molar-refractivity contribution in [3.05, 3.63) is 59.1 Å². The molecule has 2 rings (SSSR count). The number of thioether (sulfide) groups is 1. The van der Waals surface area contributed by atoms with Crippen LogP contribution in [0.25, 0.3) is 0 Å². The van der Waals surface area contributed by atoms with Gasteiger partial charge in [-0.25, -0.2) is 0 Å². The molecule has 0 saturated heterocycles. The maximum atomic E-state index is 12.0. The van der Waals surface area contributed by atoms with Gasteiger partial charge in [-0.3, -0.25) is 4.79 Å². The highest BCUT2D eigenvalue weighted by molar-refractivity contribution is 7.99. The molecule has 5 heteroatoms. The second kappa shape index (κ2) is 8.85. The first-order chi connectivity index (χ1) is 11.0. The Morgan fingerprint density at radius 1 is 1.26 bits per heavy atom. The molecule has 122 valence electrons. The van der Waals surface area contributed by atoms with Crippen LogP contribution in [0.4, 0.5) is 0 Å². The molecule has 1 atom stereocenters. The molecule has 0 aliphatic carbocycles. The summed E-state index contributed by atoms with van der Waals surface area (Å²) < 4.78 is 5.58. The normalized spacial score (nSPS) is 11.8. The third-order valence-electron chi connectivity index (χ3n) is 3.17. The second-order valence-corrected chi connectivity index (χ2v) is 6.77. The van der Waals surface area contributed by atoms with Gasteiger partial charge in [0, 0.05) is 22.2 Å². The third kappa shape index (κ3) is 6.16. The lowest BCUT2D eigenvalue weighted by atomic mass is 10.2. The lowest BCUT2D eigenvalue weighted by Gasteiger charge is -2.14. The highest BCUT2D eigenvalue weighted by atomic mass is 35.5. The molecule has 0 aliphatic heterocycles. The van der Waals surface area contributed by atoms with Gasteiger partial charge in [0.05, 0.1) is 0 Å². The molecule has 2 aromatic carbocycles. The summed E-state index contributed by atoms with van der Waals surface area (Å²) in [6.07, 6.45) is -0.558. The SMILES string of the molecule is Cc1ccc(SCCNC(=O)[C@H](C)Oc2cccc(Cl)c2)cc1. The van der Waals surface area contributed by atoms with Crippen LogP contribution in [0, 0.1) is 6.92 Å². The van der Waals surface area contributed by atoms with Crippen molar-refractivity contribution in [1.82, 2.24) is 5.32 Å². The van der Waals surface area contributed by atoms with Crippen LogP contribution in [0.15, 0.2) is 53.4 Å². The summed E-state index contributed by atoms with van der Waals surface area (Å²) in [4.78, 5) is 13.2. The zero-order chi connectivity index (χ0) is 16.7. The van der Waals surface area contributed by atoms with E-state index in [-0.39, 0.29) is 5.91 Å². The average Bonchev–Trinajstić information content (AvgIpc) is 2.53. The molecule has 0 spiro atoms. The Kier molecular flexibility index (Phi) is 6.81. The number of rotatable bonds is 7. The lowest BCUT2D eigenvalue weighted by molar-refractivity contribution is -0.127. The van der Waals surface area contributed by atoms with Gasteiger partial charge in [0.2, 0.25) is 0 Å². The van der Waals surface area contributed by atoms with E-state index in [1.54, 1.807) is 43.0 Å². The van der Waals surface area contributed by atoms with Gasteiger partial charge in [-0.1, -0.05) is 35.4 Å². The molecule has 1 N–H and O–H groups in total. The highest BCUT2D eigenvalue weighted by Gasteiger charge is 2.14. The van der Waals surface area contributed by atoms with E-state index in [1.165, 1.54) is 10.5 Å². The number of aryl methyl sites for hydroxylation is 1.